The zero-order chi connectivity index (χ0) is 12.1. The summed E-state index contributed by atoms with van der Waals surface area (Å²) in [7, 11) is 0. The summed E-state index contributed by atoms with van der Waals surface area (Å²) in [4.78, 5) is 12.0. The van der Waals surface area contributed by atoms with Gasteiger partial charge in [-0.3, -0.25) is 4.79 Å². The van der Waals surface area contributed by atoms with Gasteiger partial charge in [0.2, 0.25) is 0 Å². The standard InChI is InChI=1S/C11H12Br2INO/c1-2-8(6-12)15-11(16)9-5-7(13)3-4-10(9)14/h3-5,8H,2,6H2,1H3,(H,15,16). The quantitative estimate of drug-likeness (QED) is 0.535. The minimum absolute atomic E-state index is 0.0167. The number of benzene rings is 1. The Morgan fingerprint density at radius 2 is 2.25 bits per heavy atom. The van der Waals surface area contributed by atoms with E-state index in [4.69, 9.17) is 0 Å². The van der Waals surface area contributed by atoms with Crippen molar-refractivity contribution in [3.05, 3.63) is 31.8 Å². The number of carbonyl (C=O) groups excluding carboxylic acids is 1. The smallest absolute Gasteiger partial charge is 0.252 e. The van der Waals surface area contributed by atoms with Crippen molar-refractivity contribution >= 4 is 60.4 Å². The first-order chi connectivity index (χ1) is 7.58. The zero-order valence-electron chi connectivity index (χ0n) is 8.77. The van der Waals surface area contributed by atoms with Crippen LogP contribution in [0.25, 0.3) is 0 Å². The van der Waals surface area contributed by atoms with E-state index in [0.29, 0.717) is 0 Å². The van der Waals surface area contributed by atoms with Crippen LogP contribution in [-0.4, -0.2) is 17.3 Å². The Bertz CT molecular complexity index is 380. The number of hydrogen-bond acceptors (Lipinski definition) is 1. The molecule has 0 aromatic heterocycles. The number of rotatable bonds is 4. The van der Waals surface area contributed by atoms with Crippen molar-refractivity contribution < 1.29 is 4.79 Å². The number of nitrogens with one attached hydrogen (secondary N) is 1. The first kappa shape index (κ1) is 14.4. The topological polar surface area (TPSA) is 29.1 Å². The van der Waals surface area contributed by atoms with Crippen molar-refractivity contribution in [3.8, 4) is 0 Å². The lowest BCUT2D eigenvalue weighted by atomic mass is 10.2. The summed E-state index contributed by atoms with van der Waals surface area (Å²) in [5.41, 5.74) is 0.717. The third-order valence-corrected chi connectivity index (χ3v) is 4.40. The molecule has 0 aliphatic carbocycles. The van der Waals surface area contributed by atoms with E-state index < -0.39 is 0 Å². The molecule has 88 valence electrons. The largest absolute Gasteiger partial charge is 0.348 e. The molecule has 1 unspecified atom stereocenters. The molecule has 0 aliphatic rings. The summed E-state index contributed by atoms with van der Waals surface area (Å²) >= 11 is 8.93. The second-order valence-corrected chi connectivity index (χ2v) is 6.08. The Labute approximate surface area is 126 Å². The molecule has 1 amide bonds. The number of halogens is 3. The van der Waals surface area contributed by atoms with E-state index in [0.717, 1.165) is 25.4 Å². The Kier molecular flexibility index (Phi) is 6.28. The first-order valence-corrected chi connectivity index (χ1v) is 7.89. The summed E-state index contributed by atoms with van der Waals surface area (Å²) < 4.78 is 1.88. The van der Waals surface area contributed by atoms with Crippen LogP contribution in [0.3, 0.4) is 0 Å². The van der Waals surface area contributed by atoms with Gasteiger partial charge in [-0.25, -0.2) is 0 Å². The fourth-order valence-electron chi connectivity index (χ4n) is 1.18. The van der Waals surface area contributed by atoms with Crippen LogP contribution >= 0.6 is 54.5 Å². The number of hydrogen-bond donors (Lipinski definition) is 1. The van der Waals surface area contributed by atoms with Crippen molar-refractivity contribution in [2.45, 2.75) is 19.4 Å². The molecule has 0 aliphatic heterocycles. The Balaban J connectivity index is 2.83. The van der Waals surface area contributed by atoms with Crippen molar-refractivity contribution in [3.63, 3.8) is 0 Å². The highest BCUT2D eigenvalue weighted by Crippen LogP contribution is 2.18. The molecule has 2 nitrogen and oxygen atoms in total. The fourth-order valence-corrected chi connectivity index (χ4v) is 2.75. The molecule has 0 saturated heterocycles. The van der Waals surface area contributed by atoms with Crippen LogP contribution < -0.4 is 5.32 Å². The van der Waals surface area contributed by atoms with Gasteiger partial charge in [-0.1, -0.05) is 38.8 Å². The molecule has 0 spiro atoms. The highest BCUT2D eigenvalue weighted by atomic mass is 127. The number of amides is 1. The van der Waals surface area contributed by atoms with Crippen LogP contribution in [0.15, 0.2) is 22.7 Å². The van der Waals surface area contributed by atoms with Crippen LogP contribution in [0.1, 0.15) is 23.7 Å². The molecule has 0 fully saturated rings. The second-order valence-electron chi connectivity index (χ2n) is 3.36. The molecule has 5 heteroatoms. The molecule has 1 rings (SSSR count). The first-order valence-electron chi connectivity index (χ1n) is 4.90. The summed E-state index contributed by atoms with van der Waals surface area (Å²) in [6, 6.07) is 5.88. The zero-order valence-corrected chi connectivity index (χ0v) is 14.1. The van der Waals surface area contributed by atoms with Gasteiger partial charge in [-0.15, -0.1) is 0 Å². The molecule has 0 saturated carbocycles. The predicted molar refractivity (Wildman–Crippen MR) is 82.2 cm³/mol. The van der Waals surface area contributed by atoms with Gasteiger partial charge >= 0.3 is 0 Å². The van der Waals surface area contributed by atoms with Gasteiger partial charge in [0.15, 0.2) is 0 Å². The van der Waals surface area contributed by atoms with E-state index in [9.17, 15) is 4.79 Å². The number of carbonyl (C=O) groups is 1. The van der Waals surface area contributed by atoms with E-state index >= 15 is 0 Å². The molecular formula is C11H12Br2INO. The van der Waals surface area contributed by atoms with Crippen LogP contribution in [0.4, 0.5) is 0 Å². The van der Waals surface area contributed by atoms with Gasteiger partial charge in [0, 0.05) is 19.4 Å². The molecule has 0 bridgehead atoms. The minimum Gasteiger partial charge on any atom is -0.348 e. The van der Waals surface area contributed by atoms with Gasteiger partial charge in [-0.05, 0) is 47.2 Å². The summed E-state index contributed by atoms with van der Waals surface area (Å²) in [5.74, 6) is -0.0167. The lowest BCUT2D eigenvalue weighted by Crippen LogP contribution is -2.35. The fraction of sp³-hybridized carbons (Fsp3) is 0.364. The van der Waals surface area contributed by atoms with Crippen molar-refractivity contribution in [2.24, 2.45) is 0 Å². The summed E-state index contributed by atoms with van der Waals surface area (Å²) in [5, 5.41) is 3.77. The van der Waals surface area contributed by atoms with Crippen LogP contribution in [0, 0.1) is 3.57 Å². The second kappa shape index (κ2) is 6.96. The Morgan fingerprint density at radius 1 is 1.56 bits per heavy atom. The molecule has 1 aromatic rings. The van der Waals surface area contributed by atoms with E-state index in [1.165, 1.54) is 0 Å². The van der Waals surface area contributed by atoms with Crippen LogP contribution in [0.2, 0.25) is 0 Å². The Morgan fingerprint density at radius 3 is 2.81 bits per heavy atom. The molecule has 1 atom stereocenters. The average molecular weight is 461 g/mol. The maximum absolute atomic E-state index is 12.0. The van der Waals surface area contributed by atoms with E-state index in [1.807, 2.05) is 18.2 Å². The predicted octanol–water partition coefficient (Wildman–Crippen LogP) is 3.96. The highest BCUT2D eigenvalue weighted by molar-refractivity contribution is 14.1. The lowest BCUT2D eigenvalue weighted by Gasteiger charge is -2.14. The molecule has 0 radical (unpaired) electrons. The van der Waals surface area contributed by atoms with E-state index in [2.05, 4.69) is 66.7 Å². The molecule has 16 heavy (non-hydrogen) atoms. The highest BCUT2D eigenvalue weighted by Gasteiger charge is 2.13. The normalized spacial score (nSPS) is 12.2. The van der Waals surface area contributed by atoms with Gasteiger partial charge in [0.25, 0.3) is 5.91 Å². The van der Waals surface area contributed by atoms with Crippen LogP contribution in [-0.2, 0) is 0 Å². The van der Waals surface area contributed by atoms with E-state index in [-0.39, 0.29) is 11.9 Å². The van der Waals surface area contributed by atoms with Gasteiger partial charge in [0.1, 0.15) is 0 Å². The van der Waals surface area contributed by atoms with Crippen molar-refractivity contribution in [1.29, 1.82) is 0 Å². The van der Waals surface area contributed by atoms with Crippen molar-refractivity contribution in [2.75, 3.05) is 5.33 Å². The van der Waals surface area contributed by atoms with Crippen molar-refractivity contribution in [1.82, 2.24) is 5.32 Å². The van der Waals surface area contributed by atoms with E-state index in [1.54, 1.807) is 0 Å². The van der Waals surface area contributed by atoms with Gasteiger partial charge in [-0.2, -0.15) is 0 Å². The summed E-state index contributed by atoms with van der Waals surface area (Å²) in [6.07, 6.45) is 0.918. The lowest BCUT2D eigenvalue weighted by molar-refractivity contribution is 0.0939. The Hall–Kier alpha value is 0.380. The third kappa shape index (κ3) is 4.00. The third-order valence-electron chi connectivity index (χ3n) is 2.19. The monoisotopic (exact) mass is 459 g/mol. The van der Waals surface area contributed by atoms with Crippen LogP contribution in [0.5, 0.6) is 0 Å². The summed E-state index contributed by atoms with van der Waals surface area (Å²) in [6.45, 7) is 2.05. The average Bonchev–Trinajstić information content (AvgIpc) is 2.28. The van der Waals surface area contributed by atoms with Gasteiger partial charge in [0.05, 0.1) is 5.56 Å². The van der Waals surface area contributed by atoms with Gasteiger partial charge < -0.3 is 5.32 Å². The maximum Gasteiger partial charge on any atom is 0.252 e. The minimum atomic E-state index is -0.0167. The SMILES string of the molecule is CCC(CBr)NC(=O)c1cc(Br)ccc1I. The molecule has 1 N–H and O–H groups in total. The molecule has 0 heterocycles. The number of alkyl halides is 1. The molecular weight excluding hydrogens is 449 g/mol. The molecule has 1 aromatic carbocycles. The maximum atomic E-state index is 12.0.